The van der Waals surface area contributed by atoms with E-state index in [4.69, 9.17) is 9.47 Å². The summed E-state index contributed by atoms with van der Waals surface area (Å²) in [6.45, 7) is 8.74. The second-order valence-electron chi connectivity index (χ2n) is 4.87. The van der Waals surface area contributed by atoms with Crippen LogP contribution in [0.2, 0.25) is 0 Å². The van der Waals surface area contributed by atoms with Crippen molar-refractivity contribution in [2.45, 2.75) is 38.9 Å². The van der Waals surface area contributed by atoms with Crippen molar-refractivity contribution in [3.05, 3.63) is 0 Å². The Balaban J connectivity index is 3.22. The molecule has 4 N–H and O–H groups in total. The maximum Gasteiger partial charge on any atom is 0.0897 e. The average molecular weight is 292 g/mol. The molecule has 0 aromatic rings. The first-order valence-electron chi connectivity index (χ1n) is 7.63. The van der Waals surface area contributed by atoms with Gasteiger partial charge in [-0.1, -0.05) is 13.8 Å². The first kappa shape index (κ1) is 19.8. The second-order valence-corrected chi connectivity index (χ2v) is 4.87. The fourth-order valence-corrected chi connectivity index (χ4v) is 1.56. The molecule has 122 valence electrons. The number of rotatable bonds is 15. The minimum atomic E-state index is -0.463. The summed E-state index contributed by atoms with van der Waals surface area (Å²) in [7, 11) is 0. The Kier molecular flexibility index (Phi) is 15.0. The van der Waals surface area contributed by atoms with Gasteiger partial charge in [0.15, 0.2) is 0 Å². The molecular weight excluding hydrogens is 260 g/mol. The molecule has 0 saturated heterocycles. The summed E-state index contributed by atoms with van der Waals surface area (Å²) in [4.78, 5) is 0. The van der Waals surface area contributed by atoms with Crippen molar-refractivity contribution < 1.29 is 19.7 Å². The Bertz CT molecular complexity index is 176. The summed E-state index contributed by atoms with van der Waals surface area (Å²) < 4.78 is 10.5. The molecule has 0 aliphatic carbocycles. The number of nitrogens with one attached hydrogen (secondary N) is 2. The smallest absolute Gasteiger partial charge is 0.0897 e. The van der Waals surface area contributed by atoms with Gasteiger partial charge in [0.2, 0.25) is 0 Å². The first-order valence-corrected chi connectivity index (χ1v) is 7.63. The molecule has 0 unspecified atom stereocenters. The molecule has 0 rings (SSSR count). The lowest BCUT2D eigenvalue weighted by atomic mass is 10.3. The van der Waals surface area contributed by atoms with Crippen LogP contribution < -0.4 is 10.6 Å². The molecule has 0 aromatic carbocycles. The minimum absolute atomic E-state index is 0.377. The molecule has 0 aromatic heterocycles. The Labute approximate surface area is 122 Å². The van der Waals surface area contributed by atoms with Gasteiger partial charge >= 0.3 is 0 Å². The molecule has 0 radical (unpaired) electrons. The van der Waals surface area contributed by atoms with E-state index in [1.54, 1.807) is 0 Å². The Morgan fingerprint density at radius 2 is 1.20 bits per heavy atom. The molecule has 0 fully saturated rings. The zero-order valence-corrected chi connectivity index (χ0v) is 12.9. The van der Waals surface area contributed by atoms with Crippen LogP contribution in [0.3, 0.4) is 0 Å². The number of hydrogen-bond donors (Lipinski definition) is 4. The predicted octanol–water partition coefficient (Wildman–Crippen LogP) is -0.259. The standard InChI is InChI=1S/C14H32N2O4/c1-3-7-19-11-13(17)9-15-5-6-16-10-14(18)12-20-8-4-2/h13-18H,3-12H2,1-2H3/t13-,14-/m1/s1. The molecule has 6 nitrogen and oxygen atoms in total. The molecule has 0 amide bonds. The van der Waals surface area contributed by atoms with Crippen LogP contribution in [0.1, 0.15) is 26.7 Å². The summed E-state index contributed by atoms with van der Waals surface area (Å²) in [6.07, 6.45) is 1.01. The van der Waals surface area contributed by atoms with Crippen molar-refractivity contribution in [2.24, 2.45) is 0 Å². The van der Waals surface area contributed by atoms with Gasteiger partial charge < -0.3 is 30.3 Å². The normalized spacial score (nSPS) is 14.4. The van der Waals surface area contributed by atoms with Crippen LogP contribution in [0.25, 0.3) is 0 Å². The average Bonchev–Trinajstić information content (AvgIpc) is 2.43. The highest BCUT2D eigenvalue weighted by molar-refractivity contribution is 4.62. The van der Waals surface area contributed by atoms with Gasteiger partial charge in [-0.05, 0) is 12.8 Å². The van der Waals surface area contributed by atoms with E-state index in [0.29, 0.717) is 39.5 Å². The molecule has 2 atom stereocenters. The summed E-state index contributed by atoms with van der Waals surface area (Å²) in [5.41, 5.74) is 0. The summed E-state index contributed by atoms with van der Waals surface area (Å²) in [6, 6.07) is 0. The molecule has 0 aliphatic rings. The monoisotopic (exact) mass is 292 g/mol. The van der Waals surface area contributed by atoms with Gasteiger partial charge in [0.1, 0.15) is 0 Å². The van der Waals surface area contributed by atoms with Crippen molar-refractivity contribution in [3.63, 3.8) is 0 Å². The lowest BCUT2D eigenvalue weighted by Crippen LogP contribution is -2.37. The summed E-state index contributed by atoms with van der Waals surface area (Å²) in [5.74, 6) is 0. The van der Waals surface area contributed by atoms with E-state index in [2.05, 4.69) is 10.6 Å². The first-order chi connectivity index (χ1) is 9.70. The molecular formula is C14H32N2O4. The lowest BCUT2D eigenvalue weighted by Gasteiger charge is -2.14. The quantitative estimate of drug-likeness (QED) is 0.311. The van der Waals surface area contributed by atoms with Crippen molar-refractivity contribution in [3.8, 4) is 0 Å². The van der Waals surface area contributed by atoms with Crippen molar-refractivity contribution in [1.82, 2.24) is 10.6 Å². The predicted molar refractivity (Wildman–Crippen MR) is 80.0 cm³/mol. The largest absolute Gasteiger partial charge is 0.389 e. The third-order valence-corrected chi connectivity index (χ3v) is 2.56. The van der Waals surface area contributed by atoms with Crippen molar-refractivity contribution in [1.29, 1.82) is 0 Å². The van der Waals surface area contributed by atoms with Crippen LogP contribution in [0.4, 0.5) is 0 Å². The second kappa shape index (κ2) is 15.2. The SMILES string of the molecule is CCCOC[C@H](O)CNCCNC[C@@H](O)COCCC. The summed E-state index contributed by atoms with van der Waals surface area (Å²) >= 11 is 0. The van der Waals surface area contributed by atoms with Crippen LogP contribution in [0, 0.1) is 0 Å². The van der Waals surface area contributed by atoms with Gasteiger partial charge in [0, 0.05) is 39.4 Å². The van der Waals surface area contributed by atoms with Gasteiger partial charge in [0.05, 0.1) is 25.4 Å². The molecule has 6 heteroatoms. The maximum absolute atomic E-state index is 9.58. The van der Waals surface area contributed by atoms with Crippen LogP contribution >= 0.6 is 0 Å². The fourth-order valence-electron chi connectivity index (χ4n) is 1.56. The molecule has 0 spiro atoms. The highest BCUT2D eigenvalue weighted by Gasteiger charge is 2.04. The van der Waals surface area contributed by atoms with E-state index in [1.807, 2.05) is 13.8 Å². The van der Waals surface area contributed by atoms with Crippen LogP contribution in [-0.4, -0.2) is 75.0 Å². The van der Waals surface area contributed by atoms with Gasteiger partial charge in [-0.15, -0.1) is 0 Å². The zero-order chi connectivity index (χ0) is 15.1. The third-order valence-electron chi connectivity index (χ3n) is 2.56. The molecule has 20 heavy (non-hydrogen) atoms. The van der Waals surface area contributed by atoms with E-state index in [-0.39, 0.29) is 0 Å². The topological polar surface area (TPSA) is 83.0 Å². The highest BCUT2D eigenvalue weighted by Crippen LogP contribution is 1.87. The zero-order valence-electron chi connectivity index (χ0n) is 12.9. The molecule has 0 aliphatic heterocycles. The number of ether oxygens (including phenoxy) is 2. The number of aliphatic hydroxyl groups excluding tert-OH is 2. The highest BCUT2D eigenvalue weighted by atomic mass is 16.5. The van der Waals surface area contributed by atoms with E-state index in [9.17, 15) is 10.2 Å². The van der Waals surface area contributed by atoms with Crippen LogP contribution in [0.5, 0.6) is 0 Å². The molecule has 0 saturated carbocycles. The minimum Gasteiger partial charge on any atom is -0.389 e. The Morgan fingerprint density at radius 1 is 0.800 bits per heavy atom. The Hall–Kier alpha value is -0.240. The van der Waals surface area contributed by atoms with Crippen LogP contribution in [0.15, 0.2) is 0 Å². The van der Waals surface area contributed by atoms with E-state index in [0.717, 1.165) is 25.9 Å². The lowest BCUT2D eigenvalue weighted by molar-refractivity contribution is 0.0358. The van der Waals surface area contributed by atoms with E-state index >= 15 is 0 Å². The van der Waals surface area contributed by atoms with Gasteiger partial charge in [-0.2, -0.15) is 0 Å². The number of aliphatic hydroxyl groups is 2. The van der Waals surface area contributed by atoms with Crippen molar-refractivity contribution >= 4 is 0 Å². The van der Waals surface area contributed by atoms with Crippen LogP contribution in [-0.2, 0) is 9.47 Å². The van der Waals surface area contributed by atoms with E-state index in [1.165, 1.54) is 0 Å². The number of hydrogen-bond acceptors (Lipinski definition) is 6. The van der Waals surface area contributed by atoms with Gasteiger partial charge in [0.25, 0.3) is 0 Å². The van der Waals surface area contributed by atoms with Gasteiger partial charge in [-0.25, -0.2) is 0 Å². The molecule has 0 bridgehead atoms. The van der Waals surface area contributed by atoms with Crippen molar-refractivity contribution in [2.75, 3.05) is 52.6 Å². The van der Waals surface area contributed by atoms with Gasteiger partial charge in [-0.3, -0.25) is 0 Å². The third kappa shape index (κ3) is 14.2. The van der Waals surface area contributed by atoms with E-state index < -0.39 is 12.2 Å². The molecule has 0 heterocycles. The fraction of sp³-hybridized carbons (Fsp3) is 1.00. The maximum atomic E-state index is 9.58. The summed E-state index contributed by atoms with van der Waals surface area (Å²) in [5, 5.41) is 25.4. The Morgan fingerprint density at radius 3 is 1.55 bits per heavy atom.